The summed E-state index contributed by atoms with van der Waals surface area (Å²) in [5.74, 6) is -0.782. The van der Waals surface area contributed by atoms with Crippen LogP contribution in [0.4, 0.5) is 4.39 Å². The van der Waals surface area contributed by atoms with Crippen LogP contribution in [-0.2, 0) is 10.0 Å². The largest absolute Gasteiger partial charge is 0.297 e. The highest BCUT2D eigenvalue weighted by atomic mass is 32.2. The van der Waals surface area contributed by atoms with Gasteiger partial charge >= 0.3 is 0 Å². The molecule has 0 saturated carbocycles. The minimum absolute atomic E-state index is 0.161. The number of sulfonamides is 1. The van der Waals surface area contributed by atoms with Gasteiger partial charge in [0.2, 0.25) is 5.03 Å². The van der Waals surface area contributed by atoms with Crippen LogP contribution in [-0.4, -0.2) is 54.3 Å². The number of fused-ring (bicyclic) bond motifs is 1. The Morgan fingerprint density at radius 1 is 1.33 bits per heavy atom. The minimum atomic E-state index is -3.87. The molecule has 2 saturated heterocycles. The summed E-state index contributed by atoms with van der Waals surface area (Å²) < 4.78 is 40.6. The zero-order chi connectivity index (χ0) is 15.0. The van der Waals surface area contributed by atoms with Crippen molar-refractivity contribution in [3.05, 3.63) is 24.1 Å². The van der Waals surface area contributed by atoms with E-state index >= 15 is 0 Å². The summed E-state index contributed by atoms with van der Waals surface area (Å²) in [4.78, 5) is 6.10. The molecule has 116 valence electrons. The Balaban J connectivity index is 1.90. The molecule has 1 aromatic heterocycles. The summed E-state index contributed by atoms with van der Waals surface area (Å²) in [5, 5.41) is -0.457. The molecule has 0 bridgehead atoms. The van der Waals surface area contributed by atoms with Crippen molar-refractivity contribution in [3.8, 4) is 0 Å². The van der Waals surface area contributed by atoms with Crippen molar-refractivity contribution < 1.29 is 12.8 Å². The van der Waals surface area contributed by atoms with E-state index in [9.17, 15) is 12.8 Å². The van der Waals surface area contributed by atoms with E-state index in [1.54, 1.807) is 0 Å². The first kappa shape index (κ1) is 14.9. The summed E-state index contributed by atoms with van der Waals surface area (Å²) >= 11 is 0. The second-order valence-electron chi connectivity index (χ2n) is 5.86. The molecule has 3 heterocycles. The molecule has 1 aromatic rings. The van der Waals surface area contributed by atoms with E-state index in [0.29, 0.717) is 13.1 Å². The first-order valence-corrected chi connectivity index (χ1v) is 8.80. The predicted octanol–water partition coefficient (Wildman–Crippen LogP) is 1.47. The van der Waals surface area contributed by atoms with Gasteiger partial charge in [-0.3, -0.25) is 4.90 Å². The Bertz CT molecular complexity index is 622. The molecule has 2 atom stereocenters. The van der Waals surface area contributed by atoms with E-state index in [1.165, 1.54) is 23.0 Å². The average molecular weight is 313 g/mol. The fourth-order valence-corrected chi connectivity index (χ4v) is 4.97. The van der Waals surface area contributed by atoms with Gasteiger partial charge in [0.25, 0.3) is 10.0 Å². The van der Waals surface area contributed by atoms with Gasteiger partial charge in [0.1, 0.15) is 0 Å². The highest BCUT2D eigenvalue weighted by molar-refractivity contribution is 7.89. The summed E-state index contributed by atoms with van der Waals surface area (Å²) in [6.45, 7) is 4.04. The van der Waals surface area contributed by atoms with Crippen LogP contribution in [0.2, 0.25) is 0 Å². The maximum atomic E-state index is 13.8. The third-order valence-electron chi connectivity index (χ3n) is 4.41. The van der Waals surface area contributed by atoms with E-state index in [4.69, 9.17) is 0 Å². The van der Waals surface area contributed by atoms with E-state index in [1.807, 2.05) is 6.92 Å². The molecule has 2 fully saturated rings. The fourth-order valence-electron chi connectivity index (χ4n) is 3.33. The highest BCUT2D eigenvalue weighted by Crippen LogP contribution is 2.28. The van der Waals surface area contributed by atoms with Crippen molar-refractivity contribution in [2.24, 2.45) is 0 Å². The molecule has 7 heteroatoms. The lowest BCUT2D eigenvalue weighted by Crippen LogP contribution is -2.60. The lowest BCUT2D eigenvalue weighted by atomic mass is 9.99. The Kier molecular flexibility index (Phi) is 3.98. The fraction of sp³-hybridized carbons (Fsp3) is 0.643. The number of hydrogen-bond acceptors (Lipinski definition) is 4. The molecular weight excluding hydrogens is 293 g/mol. The van der Waals surface area contributed by atoms with Gasteiger partial charge < -0.3 is 0 Å². The predicted molar refractivity (Wildman–Crippen MR) is 76.8 cm³/mol. The van der Waals surface area contributed by atoms with Crippen molar-refractivity contribution in [2.45, 2.75) is 43.3 Å². The van der Waals surface area contributed by atoms with Gasteiger partial charge in [-0.05, 0) is 38.4 Å². The van der Waals surface area contributed by atoms with E-state index in [2.05, 4.69) is 9.88 Å². The van der Waals surface area contributed by atoms with Crippen LogP contribution in [0.15, 0.2) is 23.4 Å². The summed E-state index contributed by atoms with van der Waals surface area (Å²) in [6, 6.07) is 2.63. The molecule has 5 nitrogen and oxygen atoms in total. The Morgan fingerprint density at radius 3 is 2.90 bits per heavy atom. The van der Waals surface area contributed by atoms with Crippen LogP contribution in [0.1, 0.15) is 26.2 Å². The molecule has 0 aliphatic carbocycles. The number of halogens is 1. The molecule has 0 radical (unpaired) electrons. The van der Waals surface area contributed by atoms with E-state index < -0.39 is 20.9 Å². The molecule has 0 aromatic carbocycles. The molecule has 21 heavy (non-hydrogen) atoms. The van der Waals surface area contributed by atoms with Gasteiger partial charge in [-0.15, -0.1) is 0 Å². The Labute approximate surface area is 124 Å². The number of aromatic nitrogens is 1. The lowest BCUT2D eigenvalue weighted by molar-refractivity contribution is 0.0562. The molecule has 0 spiro atoms. The van der Waals surface area contributed by atoms with Gasteiger partial charge in [-0.1, -0.05) is 6.42 Å². The van der Waals surface area contributed by atoms with Gasteiger partial charge in [0.05, 0.1) is 0 Å². The first-order valence-electron chi connectivity index (χ1n) is 7.36. The van der Waals surface area contributed by atoms with Crippen LogP contribution in [0, 0.1) is 5.82 Å². The van der Waals surface area contributed by atoms with Crippen molar-refractivity contribution in [1.29, 1.82) is 0 Å². The smallest absolute Gasteiger partial charge is 0.263 e. The maximum absolute atomic E-state index is 13.8. The third-order valence-corrected chi connectivity index (χ3v) is 6.32. The number of hydrogen-bond donors (Lipinski definition) is 0. The van der Waals surface area contributed by atoms with Gasteiger partial charge in [-0.2, -0.15) is 4.31 Å². The number of rotatable bonds is 2. The van der Waals surface area contributed by atoms with E-state index in [0.717, 1.165) is 25.5 Å². The molecule has 2 unspecified atom stereocenters. The lowest BCUT2D eigenvalue weighted by Gasteiger charge is -2.46. The first-order chi connectivity index (χ1) is 10.00. The van der Waals surface area contributed by atoms with Crippen LogP contribution in [0.3, 0.4) is 0 Å². The zero-order valence-corrected chi connectivity index (χ0v) is 12.9. The molecule has 0 N–H and O–H groups in total. The summed E-state index contributed by atoms with van der Waals surface area (Å²) in [5.41, 5.74) is 0. The van der Waals surface area contributed by atoms with Crippen LogP contribution in [0.25, 0.3) is 0 Å². The molecule has 0 amide bonds. The molecule has 2 aliphatic rings. The standard InChI is InChI=1S/C14H20FN3O2S/c1-11-9-17-8-3-2-5-12(17)10-18(11)21(19,20)14-13(15)6-4-7-16-14/h4,6-7,11-12H,2-3,5,8-10H2,1H3. The maximum Gasteiger partial charge on any atom is 0.263 e. The number of pyridine rings is 1. The second-order valence-corrected chi connectivity index (χ2v) is 7.66. The average Bonchev–Trinajstić information content (AvgIpc) is 2.46. The highest BCUT2D eigenvalue weighted by Gasteiger charge is 2.40. The van der Waals surface area contributed by atoms with Crippen LogP contribution in [0.5, 0.6) is 0 Å². The molecular formula is C14H20FN3O2S. The molecule has 3 rings (SSSR count). The minimum Gasteiger partial charge on any atom is -0.297 e. The van der Waals surface area contributed by atoms with Crippen molar-refractivity contribution in [2.75, 3.05) is 19.6 Å². The molecule has 2 aliphatic heterocycles. The Hall–Kier alpha value is -1.05. The quantitative estimate of drug-likeness (QED) is 0.830. The summed E-state index contributed by atoms with van der Waals surface area (Å²) in [6.07, 6.45) is 4.62. The topological polar surface area (TPSA) is 53.5 Å². The zero-order valence-electron chi connectivity index (χ0n) is 12.1. The third kappa shape index (κ3) is 2.69. The normalized spacial score (nSPS) is 28.3. The van der Waals surface area contributed by atoms with Crippen molar-refractivity contribution >= 4 is 10.0 Å². The number of piperidine rings is 1. The summed E-state index contributed by atoms with van der Waals surface area (Å²) in [7, 11) is -3.87. The van der Waals surface area contributed by atoms with E-state index in [-0.39, 0.29) is 12.1 Å². The SMILES string of the molecule is CC1CN2CCCCC2CN1S(=O)(=O)c1ncccc1F. The monoisotopic (exact) mass is 313 g/mol. The van der Waals surface area contributed by atoms with Crippen LogP contribution < -0.4 is 0 Å². The number of nitrogens with zero attached hydrogens (tertiary/aromatic N) is 3. The van der Waals surface area contributed by atoms with Crippen molar-refractivity contribution in [1.82, 2.24) is 14.2 Å². The van der Waals surface area contributed by atoms with Gasteiger partial charge in [-0.25, -0.2) is 17.8 Å². The van der Waals surface area contributed by atoms with Gasteiger partial charge in [0.15, 0.2) is 5.82 Å². The van der Waals surface area contributed by atoms with Crippen molar-refractivity contribution in [3.63, 3.8) is 0 Å². The van der Waals surface area contributed by atoms with Gasteiger partial charge in [0, 0.05) is 31.4 Å². The number of piperazine rings is 1. The Morgan fingerprint density at radius 2 is 2.14 bits per heavy atom. The van der Waals surface area contributed by atoms with Crippen LogP contribution >= 0.6 is 0 Å². The second kappa shape index (κ2) is 5.62.